The van der Waals surface area contributed by atoms with Gasteiger partial charge in [-0.3, -0.25) is 4.79 Å². The number of aliphatic hydroxyl groups is 1. The zero-order valence-electron chi connectivity index (χ0n) is 8.87. The van der Waals surface area contributed by atoms with E-state index in [4.69, 9.17) is 35.3 Å². The summed E-state index contributed by atoms with van der Waals surface area (Å²) in [7, 11) is 0. The van der Waals surface area contributed by atoms with E-state index in [9.17, 15) is 9.90 Å². The third-order valence-corrected chi connectivity index (χ3v) is 3.42. The number of carbonyl (C=O) groups is 1. The van der Waals surface area contributed by atoms with Crippen LogP contribution in [0.2, 0.25) is 0 Å². The molecule has 0 radical (unpaired) electrons. The summed E-state index contributed by atoms with van der Waals surface area (Å²) in [5.74, 6) is -0.977. The molecule has 0 aliphatic heterocycles. The van der Waals surface area contributed by atoms with Gasteiger partial charge in [0.1, 0.15) is 10.8 Å². The molecule has 0 bridgehead atoms. The summed E-state index contributed by atoms with van der Waals surface area (Å²) in [6, 6.07) is 1.61. The molecule has 1 aliphatic carbocycles. The third-order valence-electron chi connectivity index (χ3n) is 2.68. The monoisotopic (exact) mass is 268 g/mol. The van der Waals surface area contributed by atoms with Crippen molar-refractivity contribution >= 4 is 51.6 Å². The van der Waals surface area contributed by atoms with E-state index < -0.39 is 5.78 Å². The van der Waals surface area contributed by atoms with E-state index in [0.717, 1.165) is 0 Å². The molecule has 1 aromatic rings. The number of thiocarbonyl (C=S) groups is 1. The summed E-state index contributed by atoms with van der Waals surface area (Å²) in [5.41, 5.74) is 13.5. The zero-order chi connectivity index (χ0) is 12.9. The van der Waals surface area contributed by atoms with E-state index in [0.29, 0.717) is 16.9 Å². The molecule has 88 valence electrons. The van der Waals surface area contributed by atoms with Crippen molar-refractivity contribution in [3.8, 4) is 0 Å². The molecule has 5 N–H and O–H groups in total. The van der Waals surface area contributed by atoms with Crippen molar-refractivity contribution in [2.24, 2.45) is 0 Å². The lowest BCUT2D eigenvalue weighted by Gasteiger charge is -2.21. The highest BCUT2D eigenvalue weighted by molar-refractivity contribution is 7.82. The van der Waals surface area contributed by atoms with Gasteiger partial charge < -0.3 is 16.6 Å². The second kappa shape index (κ2) is 3.72. The summed E-state index contributed by atoms with van der Waals surface area (Å²) in [6.45, 7) is 1.74. The lowest BCUT2D eigenvalue weighted by Crippen LogP contribution is -2.23. The maximum Gasteiger partial charge on any atom is 0.219 e. The van der Waals surface area contributed by atoms with Gasteiger partial charge in [0.05, 0.1) is 10.4 Å². The van der Waals surface area contributed by atoms with E-state index in [-0.39, 0.29) is 26.8 Å². The van der Waals surface area contributed by atoms with Gasteiger partial charge in [0.25, 0.3) is 0 Å². The zero-order valence-corrected chi connectivity index (χ0v) is 10.4. The lowest BCUT2D eigenvalue weighted by atomic mass is 9.90. The van der Waals surface area contributed by atoms with E-state index in [1.54, 1.807) is 13.0 Å². The number of Topliss-reactive ketones (excluding diaryl/α,β-unsaturated/α-hetero) is 1. The number of nitrogens with two attached hydrogens (primary N) is 2. The van der Waals surface area contributed by atoms with Crippen molar-refractivity contribution in [2.45, 2.75) is 6.92 Å². The highest BCUT2D eigenvalue weighted by atomic mass is 35.5. The van der Waals surface area contributed by atoms with Gasteiger partial charge in [-0.15, -0.1) is 0 Å². The molecule has 6 heteroatoms. The smallest absolute Gasteiger partial charge is 0.219 e. The molecular formula is C11H9ClN2O2S. The minimum absolute atomic E-state index is 0.0213. The Labute approximate surface area is 108 Å². The minimum Gasteiger partial charge on any atom is -0.505 e. The fourth-order valence-electron chi connectivity index (χ4n) is 1.78. The number of allylic oxidation sites excluding steroid dienone is 1. The van der Waals surface area contributed by atoms with Crippen LogP contribution < -0.4 is 11.5 Å². The Morgan fingerprint density at radius 2 is 1.94 bits per heavy atom. The van der Waals surface area contributed by atoms with Crippen LogP contribution >= 0.6 is 23.8 Å². The van der Waals surface area contributed by atoms with Crippen LogP contribution in [0.1, 0.15) is 16.7 Å². The van der Waals surface area contributed by atoms with Gasteiger partial charge in [0, 0.05) is 16.9 Å². The van der Waals surface area contributed by atoms with Gasteiger partial charge in [0.2, 0.25) is 5.78 Å². The van der Waals surface area contributed by atoms with Crippen LogP contribution in [0.25, 0.3) is 5.76 Å². The highest BCUT2D eigenvalue weighted by Gasteiger charge is 2.32. The van der Waals surface area contributed by atoms with Gasteiger partial charge >= 0.3 is 0 Å². The Bertz CT molecular complexity index is 608. The first kappa shape index (κ1) is 11.9. The molecule has 0 saturated heterocycles. The maximum atomic E-state index is 11.7. The molecule has 1 aliphatic rings. The van der Waals surface area contributed by atoms with Gasteiger partial charge in [-0.25, -0.2) is 0 Å². The molecule has 0 amide bonds. The van der Waals surface area contributed by atoms with Crippen molar-refractivity contribution in [1.29, 1.82) is 0 Å². The molecular weight excluding hydrogens is 260 g/mol. The van der Waals surface area contributed by atoms with Crippen molar-refractivity contribution in [3.05, 3.63) is 27.8 Å². The SMILES string of the molecule is Cc1cc(N)c2c(c1N)C(O)=C(Cl)C(=O)C2=S. The molecule has 0 atom stereocenters. The number of hydrogen-bond acceptors (Lipinski definition) is 5. The number of rotatable bonds is 0. The maximum absolute atomic E-state index is 11.7. The topological polar surface area (TPSA) is 89.3 Å². The number of benzene rings is 1. The van der Waals surface area contributed by atoms with E-state index >= 15 is 0 Å². The van der Waals surface area contributed by atoms with E-state index in [2.05, 4.69) is 0 Å². The van der Waals surface area contributed by atoms with E-state index in [1.807, 2.05) is 0 Å². The Hall–Kier alpha value is -1.59. The molecule has 4 nitrogen and oxygen atoms in total. The number of fused-ring (bicyclic) bond motifs is 1. The fraction of sp³-hybridized carbons (Fsp3) is 0.0909. The second-order valence-corrected chi connectivity index (χ2v) is 4.55. The average Bonchev–Trinajstić information content (AvgIpc) is 2.28. The first-order chi connectivity index (χ1) is 7.86. The summed E-state index contributed by atoms with van der Waals surface area (Å²) >= 11 is 10.7. The molecule has 0 fully saturated rings. The lowest BCUT2D eigenvalue weighted by molar-refractivity contribution is -0.109. The first-order valence-electron chi connectivity index (χ1n) is 4.73. The molecule has 17 heavy (non-hydrogen) atoms. The highest BCUT2D eigenvalue weighted by Crippen LogP contribution is 2.38. The van der Waals surface area contributed by atoms with Crippen LogP contribution in [0, 0.1) is 6.92 Å². The number of carbonyl (C=O) groups excluding carboxylic acids is 1. The summed E-state index contributed by atoms with van der Waals surface area (Å²) in [4.78, 5) is 11.6. The quantitative estimate of drug-likeness (QED) is 0.494. The predicted octanol–water partition coefficient (Wildman–Crippen LogP) is 1.93. The molecule has 0 aromatic heterocycles. The van der Waals surface area contributed by atoms with Crippen LogP contribution in [-0.2, 0) is 4.79 Å². The van der Waals surface area contributed by atoms with E-state index in [1.165, 1.54) is 0 Å². The summed E-state index contributed by atoms with van der Waals surface area (Å²) < 4.78 is 0. The number of anilines is 2. The molecule has 1 aromatic carbocycles. The summed E-state index contributed by atoms with van der Waals surface area (Å²) in [5, 5.41) is 9.56. The number of halogens is 1. The molecule has 0 saturated carbocycles. The number of nitrogen functional groups attached to an aromatic ring is 2. The van der Waals surface area contributed by atoms with Crippen LogP contribution in [0.5, 0.6) is 0 Å². The molecule has 0 unspecified atom stereocenters. The second-order valence-electron chi connectivity index (χ2n) is 3.77. The van der Waals surface area contributed by atoms with Crippen LogP contribution in [-0.4, -0.2) is 15.8 Å². The average molecular weight is 269 g/mol. The van der Waals surface area contributed by atoms with Crippen LogP contribution in [0.3, 0.4) is 0 Å². The number of aryl methyl sites for hydroxylation is 1. The van der Waals surface area contributed by atoms with Gasteiger partial charge in [-0.05, 0) is 18.6 Å². The molecule has 0 heterocycles. The van der Waals surface area contributed by atoms with Gasteiger partial charge in [0.15, 0.2) is 0 Å². The first-order valence-corrected chi connectivity index (χ1v) is 5.51. The Balaban J connectivity index is 2.95. The minimum atomic E-state index is -0.610. The molecule has 2 rings (SSSR count). The van der Waals surface area contributed by atoms with Gasteiger partial charge in [-0.1, -0.05) is 23.8 Å². The Morgan fingerprint density at radius 3 is 2.53 bits per heavy atom. The van der Waals surface area contributed by atoms with Crippen molar-refractivity contribution in [2.75, 3.05) is 11.5 Å². The van der Waals surface area contributed by atoms with Crippen LogP contribution in [0.4, 0.5) is 11.4 Å². The Morgan fingerprint density at radius 1 is 1.35 bits per heavy atom. The van der Waals surface area contributed by atoms with Crippen LogP contribution in [0.15, 0.2) is 11.1 Å². The third kappa shape index (κ3) is 1.50. The Kier molecular flexibility index (Phi) is 2.60. The number of hydrogen-bond donors (Lipinski definition) is 3. The van der Waals surface area contributed by atoms with Crippen molar-refractivity contribution < 1.29 is 9.90 Å². The summed E-state index contributed by atoms with van der Waals surface area (Å²) in [6.07, 6.45) is 0. The normalized spacial score (nSPS) is 15.2. The van der Waals surface area contributed by atoms with Crippen molar-refractivity contribution in [3.63, 3.8) is 0 Å². The standard InChI is InChI=1S/C11H9ClN2O2S/c1-3-2-4(13)5-6(8(3)14)9(15)7(12)10(16)11(5)17/h2,15H,13-14H2,1H3. The predicted molar refractivity (Wildman–Crippen MR) is 72.1 cm³/mol. The largest absolute Gasteiger partial charge is 0.505 e. The van der Waals surface area contributed by atoms with Crippen molar-refractivity contribution in [1.82, 2.24) is 0 Å². The molecule has 0 spiro atoms. The number of ketones is 1. The van der Waals surface area contributed by atoms with Gasteiger partial charge in [-0.2, -0.15) is 0 Å². The number of aliphatic hydroxyl groups excluding tert-OH is 1. The fourth-order valence-corrected chi connectivity index (χ4v) is 2.35.